The van der Waals surface area contributed by atoms with Crippen molar-refractivity contribution < 1.29 is 32.4 Å². The quantitative estimate of drug-likeness (QED) is 0.388. The molecule has 3 N–H and O–H groups in total. The first-order chi connectivity index (χ1) is 18.1. The molecule has 38 heavy (non-hydrogen) atoms. The molecular formula is C24H26F3N7O4. The van der Waals surface area contributed by atoms with Crippen LogP contribution < -0.4 is 10.5 Å². The highest BCUT2D eigenvalue weighted by Gasteiger charge is 2.38. The number of nitrogens with two attached hydrogens (primary N) is 1. The molecule has 0 unspecified atom stereocenters. The fourth-order valence-corrected chi connectivity index (χ4v) is 4.13. The Hall–Kier alpha value is -4.20. The van der Waals surface area contributed by atoms with Crippen molar-refractivity contribution >= 4 is 22.8 Å². The number of benzene rings is 1. The number of carbonyl (C=O) groups is 1. The van der Waals surface area contributed by atoms with E-state index in [9.17, 15) is 13.2 Å². The summed E-state index contributed by atoms with van der Waals surface area (Å²) < 4.78 is 45.1. The molecule has 0 radical (unpaired) electrons. The lowest BCUT2D eigenvalue weighted by Crippen LogP contribution is -2.35. The molecule has 14 heteroatoms. The van der Waals surface area contributed by atoms with E-state index in [0.29, 0.717) is 18.1 Å². The highest BCUT2D eigenvalue weighted by Crippen LogP contribution is 2.37. The Morgan fingerprint density at radius 3 is 2.39 bits per heavy atom. The fraction of sp³-hybridized carbons (Fsp3) is 0.375. The van der Waals surface area contributed by atoms with E-state index in [0.717, 1.165) is 54.0 Å². The minimum atomic E-state index is -5.08. The number of aromatic nitrogens is 5. The van der Waals surface area contributed by atoms with Crippen LogP contribution in [0.3, 0.4) is 0 Å². The summed E-state index contributed by atoms with van der Waals surface area (Å²) in [5, 5.41) is 14.8. The molecule has 3 aromatic heterocycles. The zero-order valence-corrected chi connectivity index (χ0v) is 20.6. The Morgan fingerprint density at radius 1 is 1.18 bits per heavy atom. The van der Waals surface area contributed by atoms with Gasteiger partial charge >= 0.3 is 12.1 Å². The Morgan fingerprint density at radius 2 is 1.84 bits per heavy atom. The molecule has 1 fully saturated rings. The van der Waals surface area contributed by atoms with E-state index in [1.54, 1.807) is 0 Å². The molecular weight excluding hydrogens is 507 g/mol. The van der Waals surface area contributed by atoms with Crippen molar-refractivity contribution in [3.63, 3.8) is 0 Å². The van der Waals surface area contributed by atoms with Crippen molar-refractivity contribution in [1.82, 2.24) is 29.7 Å². The van der Waals surface area contributed by atoms with Gasteiger partial charge in [-0.15, -0.1) is 0 Å². The third-order valence-electron chi connectivity index (χ3n) is 6.03. The van der Waals surface area contributed by atoms with Crippen LogP contribution in [0.2, 0.25) is 0 Å². The smallest absolute Gasteiger partial charge is 0.486 e. The van der Waals surface area contributed by atoms with Crippen LogP contribution in [0.5, 0.6) is 5.75 Å². The van der Waals surface area contributed by atoms with Gasteiger partial charge in [0.1, 0.15) is 17.1 Å². The van der Waals surface area contributed by atoms with Crippen LogP contribution in [-0.4, -0.2) is 73.2 Å². The zero-order valence-electron chi connectivity index (χ0n) is 20.6. The molecule has 4 aromatic rings. The number of aryl methyl sites for hydroxylation is 1. The Bertz CT molecular complexity index is 1400. The number of carboxylic acid groups (broad SMARTS) is 1. The van der Waals surface area contributed by atoms with Crippen molar-refractivity contribution in [3.8, 4) is 28.5 Å². The molecule has 0 spiro atoms. The van der Waals surface area contributed by atoms with E-state index in [-0.39, 0.29) is 11.9 Å². The summed E-state index contributed by atoms with van der Waals surface area (Å²) in [6, 6.07) is 10.0. The molecule has 0 amide bonds. The Balaban J connectivity index is 0.000000426. The number of pyridine rings is 1. The third kappa shape index (κ3) is 5.69. The number of alkyl halides is 3. The number of aliphatic carboxylic acids is 1. The maximum atomic E-state index is 10.6. The molecule has 0 aliphatic carbocycles. The second kappa shape index (κ2) is 11.0. The van der Waals surface area contributed by atoms with Gasteiger partial charge in [-0.25, -0.2) is 19.4 Å². The number of halogens is 3. The number of rotatable bonds is 5. The number of hydrogen-bond donors (Lipinski definition) is 2. The first kappa shape index (κ1) is 26.9. The lowest BCUT2D eigenvalue weighted by atomic mass is 10.1. The van der Waals surface area contributed by atoms with E-state index in [2.05, 4.69) is 29.2 Å². The van der Waals surface area contributed by atoms with Crippen LogP contribution in [0.15, 0.2) is 41.2 Å². The molecule has 11 nitrogen and oxygen atoms in total. The molecule has 0 atom stereocenters. The highest BCUT2D eigenvalue weighted by atomic mass is 19.4. The fourth-order valence-electron chi connectivity index (χ4n) is 4.13. The standard InChI is InChI=1S/C22H25N7O2.C2HF3O2/c1-3-29-20-16(30-15-9-11-28(2)12-10-15)13-24-17(14-7-5-4-6-8-14)18(20)25-22(29)19-21(23)27-31-26-19;3-2(4,5)1(6)7/h4-8,13,15H,3,9-12H2,1-2H3,(H2,23,27);(H,6,7). The molecule has 5 rings (SSSR count). The predicted molar refractivity (Wildman–Crippen MR) is 131 cm³/mol. The summed E-state index contributed by atoms with van der Waals surface area (Å²) in [5.74, 6) is -1.24. The number of anilines is 1. The number of likely N-dealkylation sites (tertiary alicyclic amines) is 1. The van der Waals surface area contributed by atoms with E-state index in [1.165, 1.54) is 0 Å². The van der Waals surface area contributed by atoms with E-state index in [4.69, 9.17) is 35.0 Å². The summed E-state index contributed by atoms with van der Waals surface area (Å²) in [5.41, 5.74) is 9.81. The molecule has 1 saturated heterocycles. The number of hydrogen-bond acceptors (Lipinski definition) is 9. The van der Waals surface area contributed by atoms with Crippen molar-refractivity contribution in [2.24, 2.45) is 0 Å². The second-order valence-corrected chi connectivity index (χ2v) is 8.64. The van der Waals surface area contributed by atoms with Gasteiger partial charge in [-0.3, -0.25) is 0 Å². The summed E-state index contributed by atoms with van der Waals surface area (Å²) >= 11 is 0. The maximum absolute atomic E-state index is 10.6. The van der Waals surface area contributed by atoms with Gasteiger partial charge in [0.25, 0.3) is 0 Å². The second-order valence-electron chi connectivity index (χ2n) is 8.64. The first-order valence-corrected chi connectivity index (χ1v) is 11.8. The summed E-state index contributed by atoms with van der Waals surface area (Å²) in [4.78, 5) is 20.9. The van der Waals surface area contributed by atoms with Crippen molar-refractivity contribution in [2.75, 3.05) is 25.9 Å². The molecule has 1 aliphatic rings. The number of ether oxygens (including phenoxy) is 1. The average molecular weight is 534 g/mol. The number of carboxylic acids is 1. The Labute approximate surface area is 215 Å². The number of nitrogens with zero attached hydrogens (tertiary/aromatic N) is 6. The van der Waals surface area contributed by atoms with Gasteiger partial charge in [-0.05, 0) is 37.1 Å². The van der Waals surface area contributed by atoms with Crippen LogP contribution in [0.4, 0.5) is 19.0 Å². The van der Waals surface area contributed by atoms with Gasteiger partial charge in [-0.1, -0.05) is 30.3 Å². The van der Waals surface area contributed by atoms with Crippen molar-refractivity contribution in [2.45, 2.75) is 38.6 Å². The van der Waals surface area contributed by atoms with Gasteiger partial charge in [0.15, 0.2) is 23.1 Å². The van der Waals surface area contributed by atoms with Gasteiger partial charge in [0.05, 0.1) is 11.9 Å². The van der Waals surface area contributed by atoms with Gasteiger partial charge in [0, 0.05) is 25.2 Å². The normalized spacial score (nSPS) is 14.8. The number of piperidine rings is 1. The molecule has 0 saturated carbocycles. The minimum absolute atomic E-state index is 0.145. The average Bonchev–Trinajstić information content (AvgIpc) is 3.49. The zero-order chi connectivity index (χ0) is 27.4. The van der Waals surface area contributed by atoms with Gasteiger partial charge < -0.3 is 25.0 Å². The lowest BCUT2D eigenvalue weighted by molar-refractivity contribution is -0.192. The van der Waals surface area contributed by atoms with Gasteiger partial charge in [0.2, 0.25) is 0 Å². The summed E-state index contributed by atoms with van der Waals surface area (Å²) in [6.45, 7) is 4.74. The van der Waals surface area contributed by atoms with E-state index < -0.39 is 12.1 Å². The molecule has 202 valence electrons. The number of imidazole rings is 1. The van der Waals surface area contributed by atoms with Crippen LogP contribution in [0.1, 0.15) is 19.8 Å². The van der Waals surface area contributed by atoms with Crippen LogP contribution in [0, 0.1) is 0 Å². The monoisotopic (exact) mass is 533 g/mol. The largest absolute Gasteiger partial charge is 0.490 e. The lowest BCUT2D eigenvalue weighted by Gasteiger charge is -2.29. The predicted octanol–water partition coefficient (Wildman–Crippen LogP) is 3.86. The summed E-state index contributed by atoms with van der Waals surface area (Å²) in [7, 11) is 2.14. The molecule has 1 aromatic carbocycles. The first-order valence-electron chi connectivity index (χ1n) is 11.8. The third-order valence-corrected chi connectivity index (χ3v) is 6.03. The maximum Gasteiger partial charge on any atom is 0.490 e. The van der Waals surface area contributed by atoms with E-state index in [1.807, 2.05) is 41.1 Å². The van der Waals surface area contributed by atoms with Crippen molar-refractivity contribution in [1.29, 1.82) is 0 Å². The topological polar surface area (TPSA) is 145 Å². The molecule has 1 aliphatic heterocycles. The summed E-state index contributed by atoms with van der Waals surface area (Å²) in [6.07, 6.45) is -1.17. The van der Waals surface area contributed by atoms with Crippen LogP contribution in [0.25, 0.3) is 33.8 Å². The van der Waals surface area contributed by atoms with Crippen LogP contribution >= 0.6 is 0 Å². The SMILES string of the molecule is CCn1c(-c2nonc2N)nc2c(-c3ccccc3)ncc(OC3CCN(C)CC3)c21.O=C(O)C(F)(F)F. The highest BCUT2D eigenvalue weighted by molar-refractivity contribution is 5.95. The number of nitrogen functional groups attached to an aromatic ring is 1. The number of fused-ring (bicyclic) bond motifs is 1. The molecule has 4 heterocycles. The van der Waals surface area contributed by atoms with Gasteiger partial charge in [-0.2, -0.15) is 13.2 Å². The molecule has 0 bridgehead atoms. The van der Waals surface area contributed by atoms with E-state index >= 15 is 0 Å². The van der Waals surface area contributed by atoms with Crippen LogP contribution in [-0.2, 0) is 11.3 Å². The Kier molecular flexibility index (Phi) is 7.80. The minimum Gasteiger partial charge on any atom is -0.486 e. The van der Waals surface area contributed by atoms with Crippen molar-refractivity contribution in [3.05, 3.63) is 36.5 Å².